The summed E-state index contributed by atoms with van der Waals surface area (Å²) >= 11 is 0. The van der Waals surface area contributed by atoms with Gasteiger partial charge in [0, 0.05) is 23.7 Å². The van der Waals surface area contributed by atoms with Crippen molar-refractivity contribution < 1.29 is 38.1 Å². The smallest absolute Gasteiger partial charge is 0.407 e. The molecule has 4 aromatic rings. The molecule has 4 amide bonds. The van der Waals surface area contributed by atoms with Crippen LogP contribution in [0.15, 0.2) is 60.4 Å². The summed E-state index contributed by atoms with van der Waals surface area (Å²) in [4.78, 5) is 71.8. The number of carbonyl (C=O) groups is 4. The van der Waals surface area contributed by atoms with E-state index < -0.39 is 30.3 Å². The number of aromatic nitrogens is 4. The zero-order valence-corrected chi connectivity index (χ0v) is 34.2. The summed E-state index contributed by atoms with van der Waals surface area (Å²) in [5.41, 5.74) is 4.18. The van der Waals surface area contributed by atoms with E-state index in [-0.39, 0.29) is 41.7 Å². The van der Waals surface area contributed by atoms with E-state index in [0.717, 1.165) is 47.4 Å². The fraction of sp³-hybridized carbons (Fsp3) is 0.442. The first kappa shape index (κ1) is 39.5. The molecule has 0 spiro atoms. The predicted molar refractivity (Wildman–Crippen MR) is 215 cm³/mol. The number of likely N-dealkylation sites (tertiary alicyclic amines) is 1. The molecule has 2 aromatic carbocycles. The van der Waals surface area contributed by atoms with E-state index in [1.165, 1.54) is 14.2 Å². The number of rotatable bonds is 10. The standard InChI is InChI=1S/C43H50N8O8/c1-21(2)35(48-42(54)56-6)40(52)50-20-23(5)14-30(50)38-44-18-28(46-38)24-9-12-31-33(16-24)58-32-13-10-25(17-34(32)59-31)29-19-45-39(47-29)37-26-8-11-27(15-26)51(37)41(53)36(22(3)4)49-43(55)57-7/h9-10,12-14,16-19,21-22,26-27,30,35-37H,8,11,15,20H2,1-7H3,(H,44,46)(H,45,47)(H,48,54)(H,49,55)/t26-,27+,30+,35+,36+,37+/m1/s1. The number of ether oxygens (including phenoxy) is 4. The molecule has 5 heterocycles. The molecule has 2 fully saturated rings. The number of imidazole rings is 2. The van der Waals surface area contributed by atoms with Crippen molar-refractivity contribution in [2.45, 2.75) is 84.1 Å². The minimum Gasteiger partial charge on any atom is -0.453 e. The van der Waals surface area contributed by atoms with Crippen molar-refractivity contribution in [3.05, 3.63) is 72.1 Å². The lowest BCUT2D eigenvalue weighted by atomic mass is 9.95. The SMILES string of the molecule is COC(=O)N[C@H](C(=O)N1CC(C)=C[C@H]1c1ncc(-c2ccc3c(c2)Oc2ccc(-c4cnc([C@@H]5[C@@H]6CC[C@@H](C6)N5C(=O)[C@@H](NC(=O)OC)C(C)C)[nH]4)cc2O3)[nH]1)C(C)C. The van der Waals surface area contributed by atoms with Crippen LogP contribution in [0.4, 0.5) is 9.59 Å². The van der Waals surface area contributed by atoms with E-state index >= 15 is 0 Å². The lowest BCUT2D eigenvalue weighted by Gasteiger charge is -2.37. The van der Waals surface area contributed by atoms with Crippen LogP contribution < -0.4 is 20.1 Å². The highest BCUT2D eigenvalue weighted by Crippen LogP contribution is 2.51. The summed E-state index contributed by atoms with van der Waals surface area (Å²) in [5.74, 6) is 3.11. The Hall–Kier alpha value is -6.32. The highest BCUT2D eigenvalue weighted by Gasteiger charge is 2.51. The number of hydrogen-bond acceptors (Lipinski definition) is 10. The Morgan fingerprint density at radius 3 is 1.86 bits per heavy atom. The summed E-state index contributed by atoms with van der Waals surface area (Å²) in [5, 5.41) is 5.42. The number of aromatic amines is 2. The number of nitrogens with one attached hydrogen (secondary N) is 4. The van der Waals surface area contributed by atoms with Gasteiger partial charge in [-0.05, 0) is 80.3 Å². The molecule has 16 nitrogen and oxygen atoms in total. The quantitative estimate of drug-likeness (QED) is 0.107. The first-order valence-electron chi connectivity index (χ1n) is 20.1. The minimum atomic E-state index is -0.760. The Balaban J connectivity index is 0.974. The van der Waals surface area contributed by atoms with Gasteiger partial charge in [-0.25, -0.2) is 19.6 Å². The topological polar surface area (TPSA) is 193 Å². The molecule has 0 radical (unpaired) electrons. The number of amides is 4. The van der Waals surface area contributed by atoms with E-state index in [2.05, 4.69) is 25.6 Å². The van der Waals surface area contributed by atoms with Gasteiger partial charge in [0.15, 0.2) is 23.0 Å². The van der Waals surface area contributed by atoms with Crippen LogP contribution in [0.5, 0.6) is 23.0 Å². The van der Waals surface area contributed by atoms with Crippen LogP contribution in [0.25, 0.3) is 22.5 Å². The van der Waals surface area contributed by atoms with Gasteiger partial charge in [-0.2, -0.15) is 0 Å². The van der Waals surface area contributed by atoms with Crippen LogP contribution in [0.3, 0.4) is 0 Å². The first-order valence-corrected chi connectivity index (χ1v) is 20.1. The summed E-state index contributed by atoms with van der Waals surface area (Å²) in [6.07, 6.45) is 7.04. The van der Waals surface area contributed by atoms with E-state index in [9.17, 15) is 19.2 Å². The zero-order chi connectivity index (χ0) is 41.7. The van der Waals surface area contributed by atoms with E-state index in [1.807, 2.05) is 82.0 Å². The number of piperidine rings is 1. The highest BCUT2D eigenvalue weighted by molar-refractivity contribution is 5.88. The maximum atomic E-state index is 14.0. The Morgan fingerprint density at radius 2 is 1.31 bits per heavy atom. The van der Waals surface area contributed by atoms with Gasteiger partial charge < -0.3 is 49.3 Å². The molecule has 0 unspecified atom stereocenters. The van der Waals surface area contributed by atoms with Crippen molar-refractivity contribution in [2.75, 3.05) is 20.8 Å². The summed E-state index contributed by atoms with van der Waals surface area (Å²) in [7, 11) is 2.57. The Labute approximate surface area is 342 Å². The van der Waals surface area contributed by atoms with Crippen molar-refractivity contribution in [3.8, 4) is 45.5 Å². The highest BCUT2D eigenvalue weighted by atomic mass is 16.6. The van der Waals surface area contributed by atoms with Crippen LogP contribution >= 0.6 is 0 Å². The van der Waals surface area contributed by atoms with Gasteiger partial charge in [0.2, 0.25) is 11.8 Å². The molecule has 59 heavy (non-hydrogen) atoms. The molecular formula is C43H50N8O8. The van der Waals surface area contributed by atoms with Gasteiger partial charge in [-0.15, -0.1) is 0 Å². The fourth-order valence-electron chi connectivity index (χ4n) is 8.80. The molecule has 8 rings (SSSR count). The second kappa shape index (κ2) is 15.8. The number of benzene rings is 2. The molecule has 3 aliphatic heterocycles. The van der Waals surface area contributed by atoms with Crippen LogP contribution in [0, 0.1) is 17.8 Å². The fourth-order valence-corrected chi connectivity index (χ4v) is 8.80. The minimum absolute atomic E-state index is 0.0903. The molecule has 1 saturated heterocycles. The lowest BCUT2D eigenvalue weighted by molar-refractivity contribution is -0.139. The molecule has 1 aliphatic carbocycles. The van der Waals surface area contributed by atoms with Crippen molar-refractivity contribution in [2.24, 2.45) is 17.8 Å². The molecule has 4 aliphatic rings. The normalized spacial score (nSPS) is 21.3. The number of nitrogens with zero attached hydrogens (tertiary/aromatic N) is 4. The van der Waals surface area contributed by atoms with E-state index in [1.54, 1.807) is 17.3 Å². The Morgan fingerprint density at radius 1 is 0.763 bits per heavy atom. The first-order chi connectivity index (χ1) is 28.3. The van der Waals surface area contributed by atoms with Gasteiger partial charge in [0.1, 0.15) is 29.8 Å². The number of H-pyrrole nitrogens is 2. The number of fused-ring (bicyclic) bond motifs is 4. The zero-order valence-electron chi connectivity index (χ0n) is 34.2. The summed E-state index contributed by atoms with van der Waals surface area (Å²) in [6.45, 7) is 9.95. The van der Waals surface area contributed by atoms with Gasteiger partial charge in [0.05, 0.1) is 44.0 Å². The third-order valence-corrected chi connectivity index (χ3v) is 11.8. The number of methoxy groups -OCH3 is 2. The molecule has 6 atom stereocenters. The molecule has 1 saturated carbocycles. The Bertz CT molecular complexity index is 2310. The van der Waals surface area contributed by atoms with E-state index in [4.69, 9.17) is 23.9 Å². The van der Waals surface area contributed by atoms with Gasteiger partial charge in [0.25, 0.3) is 0 Å². The van der Waals surface area contributed by atoms with Crippen LogP contribution in [0.1, 0.15) is 77.6 Å². The Kier molecular flexibility index (Phi) is 10.6. The summed E-state index contributed by atoms with van der Waals surface area (Å²) in [6, 6.07) is 9.27. The molecular weight excluding hydrogens is 757 g/mol. The van der Waals surface area contributed by atoms with Crippen LogP contribution in [-0.4, -0.2) is 92.6 Å². The molecule has 310 valence electrons. The number of alkyl carbamates (subject to hydrolysis) is 2. The van der Waals surface area contributed by atoms with Gasteiger partial charge >= 0.3 is 12.2 Å². The van der Waals surface area contributed by atoms with Crippen molar-refractivity contribution >= 4 is 24.0 Å². The van der Waals surface area contributed by atoms with Crippen LogP contribution in [0.2, 0.25) is 0 Å². The lowest BCUT2D eigenvalue weighted by Crippen LogP contribution is -2.54. The van der Waals surface area contributed by atoms with Crippen molar-refractivity contribution in [1.82, 2.24) is 40.4 Å². The van der Waals surface area contributed by atoms with Gasteiger partial charge in [-0.3, -0.25) is 9.59 Å². The van der Waals surface area contributed by atoms with Crippen molar-refractivity contribution in [1.29, 1.82) is 0 Å². The maximum Gasteiger partial charge on any atom is 0.407 e. The van der Waals surface area contributed by atoms with E-state index in [0.29, 0.717) is 41.2 Å². The average Bonchev–Trinajstić information content (AvgIpc) is 4.09. The molecule has 2 aromatic heterocycles. The monoisotopic (exact) mass is 806 g/mol. The molecule has 4 N–H and O–H groups in total. The third-order valence-electron chi connectivity index (χ3n) is 11.8. The molecule has 2 bridgehead atoms. The largest absolute Gasteiger partial charge is 0.453 e. The second-order valence-corrected chi connectivity index (χ2v) is 16.4. The average molecular weight is 807 g/mol. The summed E-state index contributed by atoms with van der Waals surface area (Å²) < 4.78 is 22.3. The van der Waals surface area contributed by atoms with Crippen molar-refractivity contribution in [3.63, 3.8) is 0 Å². The maximum absolute atomic E-state index is 14.0. The number of hydrogen-bond donors (Lipinski definition) is 4. The second-order valence-electron chi connectivity index (χ2n) is 16.4. The molecule has 16 heteroatoms. The predicted octanol–water partition coefficient (Wildman–Crippen LogP) is 7.01. The van der Waals surface area contributed by atoms with Gasteiger partial charge in [-0.1, -0.05) is 39.3 Å². The third kappa shape index (κ3) is 7.47. The number of carbonyl (C=O) groups excluding carboxylic acids is 4. The van der Waals surface area contributed by atoms with Crippen LogP contribution in [-0.2, 0) is 19.1 Å².